The zero-order valence-corrected chi connectivity index (χ0v) is 11.8. The van der Waals surface area contributed by atoms with E-state index in [0.717, 1.165) is 42.1 Å². The van der Waals surface area contributed by atoms with Crippen molar-refractivity contribution in [2.45, 2.75) is 50.9 Å². The van der Waals surface area contributed by atoms with Crippen LogP contribution in [0, 0.1) is 0 Å². The molecule has 0 spiro atoms. The molecule has 0 aromatic carbocycles. The number of nitrogens with two attached hydrogens (primary N) is 1. The fourth-order valence-corrected chi connectivity index (χ4v) is 3.95. The van der Waals surface area contributed by atoms with Crippen molar-refractivity contribution in [2.24, 2.45) is 0 Å². The zero-order valence-electron chi connectivity index (χ0n) is 11.0. The molecule has 1 saturated carbocycles. The van der Waals surface area contributed by atoms with Crippen molar-refractivity contribution in [1.82, 2.24) is 10.1 Å². The molecule has 0 unspecified atom stereocenters. The van der Waals surface area contributed by atoms with Crippen LogP contribution in [0.15, 0.2) is 4.52 Å². The fraction of sp³-hybridized carbons (Fsp3) is 0.571. The third-order valence-electron chi connectivity index (χ3n) is 4.38. The molecule has 2 N–H and O–H groups in total. The maximum atomic E-state index is 6.18. The van der Waals surface area contributed by atoms with Crippen LogP contribution in [0.3, 0.4) is 0 Å². The molecule has 2 heterocycles. The molecular weight excluding hydrogens is 258 g/mol. The summed E-state index contributed by atoms with van der Waals surface area (Å²) >= 11 is 1.69. The average Bonchev–Trinajstić information content (AvgIpc) is 2.87. The highest BCUT2D eigenvalue weighted by Gasteiger charge is 2.44. The van der Waals surface area contributed by atoms with Crippen LogP contribution >= 0.6 is 11.3 Å². The molecule has 0 radical (unpaired) electrons. The molecule has 4 rings (SSSR count). The first kappa shape index (κ1) is 11.5. The molecule has 2 aliphatic carbocycles. The summed E-state index contributed by atoms with van der Waals surface area (Å²) < 4.78 is 5.49. The lowest BCUT2D eigenvalue weighted by Gasteiger charge is -2.10. The molecule has 2 aromatic rings. The minimum atomic E-state index is 0.145. The normalized spacial score (nSPS) is 20.3. The highest BCUT2D eigenvalue weighted by molar-refractivity contribution is 7.16. The van der Waals surface area contributed by atoms with Crippen molar-refractivity contribution >= 4 is 16.3 Å². The fourth-order valence-electron chi connectivity index (χ4n) is 2.80. The number of aryl methyl sites for hydroxylation is 1. The van der Waals surface area contributed by atoms with Gasteiger partial charge < -0.3 is 10.3 Å². The van der Waals surface area contributed by atoms with E-state index >= 15 is 0 Å². The Morgan fingerprint density at radius 3 is 2.84 bits per heavy atom. The van der Waals surface area contributed by atoms with Crippen LogP contribution in [0.25, 0.3) is 11.5 Å². The Labute approximate surface area is 116 Å². The summed E-state index contributed by atoms with van der Waals surface area (Å²) in [5.74, 6) is 1.47. The van der Waals surface area contributed by atoms with Gasteiger partial charge in [-0.3, -0.25) is 0 Å². The summed E-state index contributed by atoms with van der Waals surface area (Å²) in [6, 6.07) is 0. The van der Waals surface area contributed by atoms with Crippen LogP contribution in [0.1, 0.15) is 48.9 Å². The average molecular weight is 275 g/mol. The highest BCUT2D eigenvalue weighted by Crippen LogP contribution is 2.47. The summed E-state index contributed by atoms with van der Waals surface area (Å²) in [6.07, 6.45) is 7.04. The molecule has 0 bridgehead atoms. The van der Waals surface area contributed by atoms with E-state index in [1.165, 1.54) is 23.3 Å². The van der Waals surface area contributed by atoms with E-state index < -0.39 is 0 Å². The number of rotatable bonds is 2. The van der Waals surface area contributed by atoms with Gasteiger partial charge in [0.05, 0.1) is 10.6 Å². The van der Waals surface area contributed by atoms with Crippen molar-refractivity contribution < 1.29 is 4.52 Å². The molecule has 0 atom stereocenters. The van der Waals surface area contributed by atoms with Gasteiger partial charge in [0, 0.05) is 10.3 Å². The van der Waals surface area contributed by atoms with E-state index in [1.807, 2.05) is 0 Å². The molecule has 1 fully saturated rings. The first-order valence-electron chi connectivity index (χ1n) is 6.92. The molecule has 19 heavy (non-hydrogen) atoms. The summed E-state index contributed by atoms with van der Waals surface area (Å²) in [5.41, 5.74) is 8.69. The summed E-state index contributed by atoms with van der Waals surface area (Å²) in [4.78, 5) is 6.02. The number of anilines is 1. The predicted molar refractivity (Wildman–Crippen MR) is 75.3 cm³/mol. The first-order valence-corrected chi connectivity index (χ1v) is 7.74. The molecule has 2 aromatic heterocycles. The quantitative estimate of drug-likeness (QED) is 0.913. The van der Waals surface area contributed by atoms with Crippen LogP contribution in [0.4, 0.5) is 5.00 Å². The van der Waals surface area contributed by atoms with Crippen molar-refractivity contribution in [3.05, 3.63) is 16.3 Å². The van der Waals surface area contributed by atoms with Crippen LogP contribution < -0.4 is 5.73 Å². The number of hydrogen-bond acceptors (Lipinski definition) is 5. The number of nitrogen functional groups attached to an aromatic ring is 1. The number of nitrogens with zero attached hydrogens (tertiary/aromatic N) is 2. The lowest BCUT2D eigenvalue weighted by Crippen LogP contribution is -2.02. The van der Waals surface area contributed by atoms with Gasteiger partial charge in [0.25, 0.3) is 5.89 Å². The van der Waals surface area contributed by atoms with Gasteiger partial charge in [0.15, 0.2) is 5.82 Å². The van der Waals surface area contributed by atoms with Gasteiger partial charge in [-0.15, -0.1) is 11.3 Å². The van der Waals surface area contributed by atoms with Crippen molar-refractivity contribution in [3.8, 4) is 11.5 Å². The van der Waals surface area contributed by atoms with Crippen LogP contribution in [-0.4, -0.2) is 10.1 Å². The number of fused-ring (bicyclic) bond motifs is 1. The third-order valence-corrected chi connectivity index (χ3v) is 5.50. The standard InChI is InChI=1S/C14H17N3OS/c1-14(6-7-14)13-16-12(18-17-13)10-8-4-2-3-5-9(8)19-11(10)15/h2-7,15H2,1H3. The number of thiophene rings is 1. The summed E-state index contributed by atoms with van der Waals surface area (Å²) in [6.45, 7) is 2.19. The van der Waals surface area contributed by atoms with E-state index in [9.17, 15) is 0 Å². The molecule has 4 nitrogen and oxygen atoms in total. The second kappa shape index (κ2) is 3.82. The Kier molecular flexibility index (Phi) is 2.31. The Morgan fingerprint density at radius 2 is 2.05 bits per heavy atom. The second-order valence-electron chi connectivity index (χ2n) is 5.93. The van der Waals surface area contributed by atoms with Gasteiger partial charge >= 0.3 is 0 Å². The maximum absolute atomic E-state index is 6.18. The summed E-state index contributed by atoms with van der Waals surface area (Å²) in [5, 5.41) is 5.00. The smallest absolute Gasteiger partial charge is 0.261 e. The van der Waals surface area contributed by atoms with Crippen LogP contribution in [-0.2, 0) is 18.3 Å². The lowest BCUT2D eigenvalue weighted by molar-refractivity contribution is 0.415. The topological polar surface area (TPSA) is 64.9 Å². The Morgan fingerprint density at radius 1 is 1.26 bits per heavy atom. The predicted octanol–water partition coefficient (Wildman–Crippen LogP) is 3.31. The van der Waals surface area contributed by atoms with Crippen molar-refractivity contribution in [1.29, 1.82) is 0 Å². The van der Waals surface area contributed by atoms with Gasteiger partial charge in [0.1, 0.15) is 0 Å². The van der Waals surface area contributed by atoms with Crippen LogP contribution in [0.5, 0.6) is 0 Å². The van der Waals surface area contributed by atoms with Gasteiger partial charge in [-0.25, -0.2) is 0 Å². The van der Waals surface area contributed by atoms with Gasteiger partial charge in [-0.05, 0) is 44.1 Å². The second-order valence-corrected chi connectivity index (χ2v) is 7.07. The Balaban J connectivity index is 1.79. The third kappa shape index (κ3) is 1.71. The number of hydrogen-bond donors (Lipinski definition) is 1. The van der Waals surface area contributed by atoms with Crippen LogP contribution in [0.2, 0.25) is 0 Å². The van der Waals surface area contributed by atoms with E-state index in [1.54, 1.807) is 11.3 Å². The monoisotopic (exact) mass is 275 g/mol. The molecule has 100 valence electrons. The molecule has 5 heteroatoms. The minimum absolute atomic E-state index is 0.145. The van der Waals surface area contributed by atoms with Gasteiger partial charge in [0.2, 0.25) is 0 Å². The van der Waals surface area contributed by atoms with E-state index in [2.05, 4.69) is 17.1 Å². The Hall–Kier alpha value is -1.36. The van der Waals surface area contributed by atoms with Gasteiger partial charge in [-0.1, -0.05) is 12.1 Å². The lowest BCUT2D eigenvalue weighted by atomic mass is 9.95. The van der Waals surface area contributed by atoms with Gasteiger partial charge in [-0.2, -0.15) is 4.98 Å². The molecule has 0 amide bonds. The SMILES string of the molecule is CC1(c2noc(-c3c(N)sc4c3CCCC4)n2)CC1. The summed E-state index contributed by atoms with van der Waals surface area (Å²) in [7, 11) is 0. The minimum Gasteiger partial charge on any atom is -0.390 e. The van der Waals surface area contributed by atoms with Crippen molar-refractivity contribution in [2.75, 3.05) is 5.73 Å². The molecular formula is C14H17N3OS. The van der Waals surface area contributed by atoms with E-state index in [-0.39, 0.29) is 5.41 Å². The van der Waals surface area contributed by atoms with E-state index in [0.29, 0.717) is 5.89 Å². The largest absolute Gasteiger partial charge is 0.390 e. The molecule has 0 saturated heterocycles. The first-order chi connectivity index (χ1) is 9.17. The van der Waals surface area contributed by atoms with Crippen molar-refractivity contribution in [3.63, 3.8) is 0 Å². The molecule has 2 aliphatic rings. The van der Waals surface area contributed by atoms with E-state index in [4.69, 9.17) is 10.3 Å². The zero-order chi connectivity index (χ0) is 13.0. The maximum Gasteiger partial charge on any atom is 0.261 e. The highest BCUT2D eigenvalue weighted by atomic mass is 32.1. The number of aromatic nitrogens is 2. The Bertz CT molecular complexity index is 639. The molecule has 0 aliphatic heterocycles.